The van der Waals surface area contributed by atoms with Gasteiger partial charge in [-0.05, 0) is 41.5 Å². The van der Waals surface area contributed by atoms with Gasteiger partial charge in [-0.3, -0.25) is 0 Å². The van der Waals surface area contributed by atoms with Crippen molar-refractivity contribution >= 4 is 23.4 Å². The minimum Gasteiger partial charge on any atom is -0.476 e. The molecule has 0 bridgehead atoms. The molecule has 0 saturated carbocycles. The van der Waals surface area contributed by atoms with Gasteiger partial charge < -0.3 is 37.6 Å². The quantitative estimate of drug-likeness (QED) is 0.143. The monoisotopic (exact) mass is 688 g/mol. The Kier molecular flexibility index (Phi) is 8.92. The Morgan fingerprint density at radius 1 is 0.816 bits per heavy atom. The Hall–Kier alpha value is -5.61. The van der Waals surface area contributed by atoms with E-state index >= 15 is 0 Å². The molecule has 254 valence electrons. The van der Waals surface area contributed by atoms with Crippen molar-refractivity contribution in [2.75, 3.05) is 6.61 Å². The van der Waals surface area contributed by atoms with Gasteiger partial charge in [0.05, 0.1) is 12.2 Å². The maximum atomic E-state index is 12.5. The van der Waals surface area contributed by atoms with Crippen molar-refractivity contribution in [2.45, 2.75) is 58.8 Å². The van der Waals surface area contributed by atoms with Crippen LogP contribution in [-0.4, -0.2) is 59.9 Å². The predicted octanol–water partition coefficient (Wildman–Crippen LogP) is 7.51. The van der Waals surface area contributed by atoms with Crippen molar-refractivity contribution in [3.63, 3.8) is 0 Å². The number of hydrogen-bond donors (Lipinski definition) is 2. The van der Waals surface area contributed by atoms with Crippen molar-refractivity contribution in [1.29, 1.82) is 0 Å². The van der Waals surface area contributed by atoms with E-state index in [1.54, 1.807) is 50.4 Å². The second-order valence-corrected chi connectivity index (χ2v) is 13.5. The fraction of sp³-hybridized carbons (Fsp3) is 0.303. The number of carbonyl (C=O) groups excluding carboxylic acids is 1. The van der Waals surface area contributed by atoms with E-state index in [2.05, 4.69) is 30.2 Å². The number of benzene rings is 1. The molecule has 0 saturated heterocycles. The molecule has 6 rings (SSSR count). The highest BCUT2D eigenvalue weighted by Crippen LogP contribution is 2.34. The third kappa shape index (κ3) is 7.93. The predicted molar refractivity (Wildman–Crippen MR) is 174 cm³/mol. The van der Waals surface area contributed by atoms with Crippen molar-refractivity contribution in [3.05, 3.63) is 66.1 Å². The minimum absolute atomic E-state index is 0.0108. The van der Waals surface area contributed by atoms with E-state index in [0.29, 0.717) is 27.7 Å². The summed E-state index contributed by atoms with van der Waals surface area (Å²) in [6.07, 6.45) is 3.47. The van der Waals surface area contributed by atoms with Crippen LogP contribution in [0.25, 0.3) is 56.8 Å². The normalized spacial score (nSPS) is 12.6. The number of nitrogens with zero attached hydrogens (tertiary/aromatic N) is 5. The molecule has 1 unspecified atom stereocenters. The number of nitrogens with one attached hydrogen (secondary N) is 1. The topological polar surface area (TPSA) is 202 Å². The fourth-order valence-corrected chi connectivity index (χ4v) is 5.07. The summed E-state index contributed by atoms with van der Waals surface area (Å²) < 4.78 is 34.1. The van der Waals surface area contributed by atoms with Crippen molar-refractivity contribution in [1.82, 2.24) is 30.2 Å². The SMILES string of the molecule is CC(C)(C)OCC(NC(=O)OC(C)(C)C)c1nc(-c2nc(-c3nc(-c4nc(-c5nc(C(=O)O)c(-c6ccccc6)o5)co4)cs3)co2)co1. The van der Waals surface area contributed by atoms with Crippen LogP contribution in [-0.2, 0) is 9.47 Å². The number of aromatic carboxylic acids is 1. The number of oxazole rings is 4. The molecule has 5 aromatic heterocycles. The molecule has 0 spiro atoms. The molecule has 0 radical (unpaired) electrons. The fourth-order valence-electron chi connectivity index (χ4n) is 4.33. The Morgan fingerprint density at radius 2 is 1.47 bits per heavy atom. The Labute approximate surface area is 283 Å². The molecule has 5 heterocycles. The molecule has 1 aromatic carbocycles. The lowest BCUT2D eigenvalue weighted by molar-refractivity contribution is -0.0207. The van der Waals surface area contributed by atoms with Gasteiger partial charge in [0.2, 0.25) is 23.6 Å². The van der Waals surface area contributed by atoms with E-state index < -0.39 is 29.3 Å². The summed E-state index contributed by atoms with van der Waals surface area (Å²) in [4.78, 5) is 46.5. The van der Waals surface area contributed by atoms with Crippen molar-refractivity contribution < 1.29 is 41.8 Å². The second kappa shape index (κ2) is 13.1. The number of rotatable bonds is 10. The number of hydrogen-bond acceptors (Lipinski definition) is 14. The Morgan fingerprint density at radius 3 is 2.16 bits per heavy atom. The Balaban J connectivity index is 1.18. The largest absolute Gasteiger partial charge is 0.476 e. The standard InChI is InChI=1S/C33H32N6O9S/c1-32(2,3)46-15-20(38-31(42)48-33(4,5)6)26-34-18(12-43-26)25-36-21(14-45-25)29-37-22(16-49-29)27-35-19(13-44-27)28-39-23(30(40)41)24(47-28)17-10-8-7-9-11-17/h7-14,16,20H,15H2,1-6H3,(H,38,42)(H,40,41). The molecule has 0 aliphatic carbocycles. The van der Waals surface area contributed by atoms with E-state index in [4.69, 9.17) is 27.1 Å². The van der Waals surface area contributed by atoms with Crippen molar-refractivity contribution in [2.24, 2.45) is 0 Å². The summed E-state index contributed by atoms with van der Waals surface area (Å²) in [7, 11) is 0. The van der Waals surface area contributed by atoms with Crippen LogP contribution in [0.2, 0.25) is 0 Å². The van der Waals surface area contributed by atoms with E-state index in [9.17, 15) is 14.7 Å². The first-order chi connectivity index (χ1) is 23.2. The molecule has 0 aliphatic heterocycles. The van der Waals surface area contributed by atoms with Gasteiger partial charge in [0, 0.05) is 10.9 Å². The summed E-state index contributed by atoms with van der Waals surface area (Å²) in [5, 5.41) is 14.7. The highest BCUT2D eigenvalue weighted by molar-refractivity contribution is 7.13. The lowest BCUT2D eigenvalue weighted by Gasteiger charge is -2.25. The zero-order valence-electron chi connectivity index (χ0n) is 27.3. The summed E-state index contributed by atoms with van der Waals surface area (Å²) >= 11 is 1.28. The van der Waals surface area contributed by atoms with Gasteiger partial charge in [0.15, 0.2) is 22.8 Å². The van der Waals surface area contributed by atoms with Crippen LogP contribution in [0.5, 0.6) is 0 Å². The molecule has 0 aliphatic rings. The number of ether oxygens (including phenoxy) is 2. The van der Waals surface area contributed by atoms with Crippen LogP contribution in [0, 0.1) is 0 Å². The van der Waals surface area contributed by atoms with E-state index in [1.165, 1.54) is 30.1 Å². The van der Waals surface area contributed by atoms with Crippen LogP contribution in [0.1, 0.15) is 64.0 Å². The van der Waals surface area contributed by atoms with Gasteiger partial charge in [-0.1, -0.05) is 30.3 Å². The molecule has 49 heavy (non-hydrogen) atoms. The summed E-state index contributed by atoms with van der Waals surface area (Å²) in [6, 6.07) is 8.05. The van der Waals surface area contributed by atoms with Crippen LogP contribution >= 0.6 is 11.3 Å². The number of carboxylic acid groups (broad SMARTS) is 1. The number of amides is 1. The maximum Gasteiger partial charge on any atom is 0.408 e. The van der Waals surface area contributed by atoms with Gasteiger partial charge in [-0.2, -0.15) is 4.98 Å². The lowest BCUT2D eigenvalue weighted by Crippen LogP contribution is -2.38. The smallest absolute Gasteiger partial charge is 0.408 e. The van der Waals surface area contributed by atoms with E-state index in [1.807, 2.05) is 26.8 Å². The molecule has 15 nitrogen and oxygen atoms in total. The first kappa shape index (κ1) is 33.3. The second-order valence-electron chi connectivity index (χ2n) is 12.7. The number of carboxylic acids is 1. The van der Waals surface area contributed by atoms with Gasteiger partial charge in [0.25, 0.3) is 0 Å². The molecule has 1 atom stereocenters. The number of carbonyl (C=O) groups is 2. The number of thiazole rings is 1. The van der Waals surface area contributed by atoms with Gasteiger partial charge in [-0.15, -0.1) is 11.3 Å². The third-order valence-electron chi connectivity index (χ3n) is 6.45. The maximum absolute atomic E-state index is 12.5. The molecule has 0 fully saturated rings. The zero-order chi connectivity index (χ0) is 34.9. The Bertz CT molecular complexity index is 2080. The molecular weight excluding hydrogens is 656 g/mol. The lowest BCUT2D eigenvalue weighted by atomic mass is 10.1. The van der Waals surface area contributed by atoms with Gasteiger partial charge in [0.1, 0.15) is 46.8 Å². The molecular formula is C33H32N6O9S. The highest BCUT2D eigenvalue weighted by atomic mass is 32.1. The van der Waals surface area contributed by atoms with Crippen molar-refractivity contribution in [3.8, 4) is 56.8 Å². The van der Waals surface area contributed by atoms with Crippen LogP contribution in [0.4, 0.5) is 4.79 Å². The molecule has 1 amide bonds. The van der Waals surface area contributed by atoms with Crippen LogP contribution in [0.15, 0.2) is 72.2 Å². The van der Waals surface area contributed by atoms with E-state index in [-0.39, 0.29) is 47.3 Å². The zero-order valence-corrected chi connectivity index (χ0v) is 28.2. The molecule has 16 heteroatoms. The van der Waals surface area contributed by atoms with Gasteiger partial charge in [-0.25, -0.2) is 29.5 Å². The first-order valence-electron chi connectivity index (χ1n) is 15.0. The number of aromatic nitrogens is 5. The minimum atomic E-state index is -1.23. The number of alkyl carbamates (subject to hydrolysis) is 1. The van der Waals surface area contributed by atoms with Gasteiger partial charge >= 0.3 is 12.1 Å². The third-order valence-corrected chi connectivity index (χ3v) is 7.31. The molecule has 2 N–H and O–H groups in total. The summed E-state index contributed by atoms with van der Waals surface area (Å²) in [5.74, 6) is -0.623. The summed E-state index contributed by atoms with van der Waals surface area (Å²) in [6.45, 7) is 11.1. The summed E-state index contributed by atoms with van der Waals surface area (Å²) in [5.41, 5.74) is 0.469. The van der Waals surface area contributed by atoms with Crippen LogP contribution in [0.3, 0.4) is 0 Å². The average molecular weight is 689 g/mol. The first-order valence-corrected chi connectivity index (χ1v) is 15.9. The molecule has 6 aromatic rings. The highest BCUT2D eigenvalue weighted by Gasteiger charge is 2.28. The van der Waals surface area contributed by atoms with E-state index in [0.717, 1.165) is 0 Å². The van der Waals surface area contributed by atoms with Crippen LogP contribution < -0.4 is 5.32 Å². The average Bonchev–Trinajstić information content (AvgIpc) is 3.86.